The normalized spacial score (nSPS) is 23.3. The standard InChI is InChI=1S/C46H50N8O2/c55-43(23-31-11-3-1-4-12-31)53-29-35(51-19-7-8-20-51)27-41(53)45-47-37-17-15-33(25-39(37)49-45)34-16-18-38-40(26-34)50-46(48-38)42-28-36(52-21-9-10-22-52)30-54(42)44(56)24-32-13-5-2-6-14-32/h1-6,11-18,25-26,35-36,41-42H,7-10,19-24,27-30H2,(H,47,49)(H,48,50)/t35-,36-,41-,42-/m0/s1. The van der Waals surface area contributed by atoms with Crippen LogP contribution in [0.4, 0.5) is 0 Å². The fourth-order valence-corrected chi connectivity index (χ4v) is 9.92. The van der Waals surface area contributed by atoms with Crippen molar-refractivity contribution in [2.75, 3.05) is 39.3 Å². The van der Waals surface area contributed by atoms with Gasteiger partial charge in [-0.05, 0) is 111 Å². The van der Waals surface area contributed by atoms with Crippen molar-refractivity contribution < 1.29 is 9.59 Å². The number of amides is 2. The van der Waals surface area contributed by atoms with Crippen LogP contribution >= 0.6 is 0 Å². The second-order valence-electron chi connectivity index (χ2n) is 16.4. The zero-order valence-electron chi connectivity index (χ0n) is 31.9. The van der Waals surface area contributed by atoms with Crippen molar-refractivity contribution in [2.24, 2.45) is 0 Å². The van der Waals surface area contributed by atoms with Crippen LogP contribution in [0.3, 0.4) is 0 Å². The Balaban J connectivity index is 0.910. The van der Waals surface area contributed by atoms with Gasteiger partial charge in [0.25, 0.3) is 0 Å². The van der Waals surface area contributed by atoms with Crippen molar-refractivity contribution in [2.45, 2.75) is 75.5 Å². The van der Waals surface area contributed by atoms with Crippen molar-refractivity contribution in [3.8, 4) is 11.1 Å². The molecule has 10 nitrogen and oxygen atoms in total. The smallest absolute Gasteiger partial charge is 0.227 e. The molecule has 56 heavy (non-hydrogen) atoms. The van der Waals surface area contributed by atoms with Gasteiger partial charge in [-0.1, -0.05) is 72.8 Å². The summed E-state index contributed by atoms with van der Waals surface area (Å²) in [5.41, 5.74) is 7.99. The number of aromatic nitrogens is 4. The summed E-state index contributed by atoms with van der Waals surface area (Å²) in [7, 11) is 0. The highest BCUT2D eigenvalue weighted by Gasteiger charge is 2.42. The molecule has 0 saturated carbocycles. The lowest BCUT2D eigenvalue weighted by Gasteiger charge is -2.24. The Morgan fingerprint density at radius 1 is 0.554 bits per heavy atom. The van der Waals surface area contributed by atoms with Crippen LogP contribution in [0.1, 0.15) is 73.4 Å². The van der Waals surface area contributed by atoms with Crippen LogP contribution in [-0.2, 0) is 22.4 Å². The first kappa shape index (κ1) is 35.1. The molecular formula is C46H50N8O2. The number of hydrogen-bond donors (Lipinski definition) is 2. The van der Waals surface area contributed by atoms with Crippen molar-refractivity contribution >= 4 is 33.9 Å². The minimum absolute atomic E-state index is 0.0905. The van der Waals surface area contributed by atoms with E-state index >= 15 is 0 Å². The van der Waals surface area contributed by atoms with E-state index in [2.05, 4.69) is 66.0 Å². The molecular weight excluding hydrogens is 697 g/mol. The van der Waals surface area contributed by atoms with Gasteiger partial charge in [0.15, 0.2) is 0 Å². The van der Waals surface area contributed by atoms with Crippen molar-refractivity contribution in [3.05, 3.63) is 120 Å². The lowest BCUT2D eigenvalue weighted by molar-refractivity contribution is -0.132. The van der Waals surface area contributed by atoms with Crippen LogP contribution in [0, 0.1) is 0 Å². The molecule has 0 spiro atoms. The predicted molar refractivity (Wildman–Crippen MR) is 219 cm³/mol. The van der Waals surface area contributed by atoms with Gasteiger partial charge in [-0.25, -0.2) is 9.97 Å². The van der Waals surface area contributed by atoms with Crippen LogP contribution < -0.4 is 0 Å². The highest BCUT2D eigenvalue weighted by Crippen LogP contribution is 2.38. The second kappa shape index (κ2) is 15.0. The molecule has 0 bridgehead atoms. The molecule has 6 heterocycles. The third-order valence-corrected chi connectivity index (χ3v) is 12.9. The molecule has 4 aromatic carbocycles. The van der Waals surface area contributed by atoms with Crippen molar-refractivity contribution in [1.82, 2.24) is 39.5 Å². The van der Waals surface area contributed by atoms with E-state index in [1.807, 2.05) is 60.7 Å². The molecule has 10 heteroatoms. The number of likely N-dealkylation sites (tertiary alicyclic amines) is 4. The van der Waals surface area contributed by atoms with E-state index in [9.17, 15) is 9.59 Å². The molecule has 0 unspecified atom stereocenters. The van der Waals surface area contributed by atoms with Crippen LogP contribution in [0.15, 0.2) is 97.1 Å². The Bertz CT molecular complexity index is 2180. The first-order valence-electron chi connectivity index (χ1n) is 20.7. The summed E-state index contributed by atoms with van der Waals surface area (Å²) in [6.45, 7) is 5.90. The lowest BCUT2D eigenvalue weighted by Crippen LogP contribution is -2.38. The molecule has 0 radical (unpaired) electrons. The van der Waals surface area contributed by atoms with E-state index in [0.717, 1.165) is 108 Å². The zero-order valence-corrected chi connectivity index (χ0v) is 31.9. The van der Waals surface area contributed by atoms with Gasteiger partial charge in [0, 0.05) is 25.2 Å². The molecule has 6 aromatic rings. The molecule has 2 aromatic heterocycles. The number of fused-ring (bicyclic) bond motifs is 2. The Kier molecular flexibility index (Phi) is 9.39. The maximum absolute atomic E-state index is 13.8. The summed E-state index contributed by atoms with van der Waals surface area (Å²) in [5, 5.41) is 0. The Hall–Kier alpha value is -5.32. The number of carbonyl (C=O) groups excluding carboxylic acids is 2. The molecule has 0 aliphatic carbocycles. The quantitative estimate of drug-likeness (QED) is 0.164. The van der Waals surface area contributed by atoms with E-state index in [0.29, 0.717) is 24.9 Å². The van der Waals surface area contributed by atoms with Gasteiger partial charge in [0.1, 0.15) is 11.6 Å². The summed E-state index contributed by atoms with van der Waals surface area (Å²) in [5.74, 6) is 2.04. The Morgan fingerprint density at radius 3 is 1.38 bits per heavy atom. The first-order valence-corrected chi connectivity index (χ1v) is 20.7. The van der Waals surface area contributed by atoms with Gasteiger partial charge in [-0.15, -0.1) is 0 Å². The lowest BCUT2D eigenvalue weighted by atomic mass is 10.0. The topological polar surface area (TPSA) is 104 Å². The Labute approximate surface area is 327 Å². The largest absolute Gasteiger partial charge is 0.340 e. The number of imidazole rings is 2. The average Bonchev–Trinajstić information content (AvgIpc) is 4.08. The van der Waals surface area contributed by atoms with Crippen LogP contribution in [0.25, 0.3) is 33.2 Å². The fraction of sp³-hybridized carbons (Fsp3) is 0.391. The van der Waals surface area contributed by atoms with Gasteiger partial charge in [0.05, 0.1) is 47.0 Å². The molecule has 2 N–H and O–H groups in total. The van der Waals surface area contributed by atoms with E-state index in [1.54, 1.807) is 0 Å². The third-order valence-electron chi connectivity index (χ3n) is 12.9. The van der Waals surface area contributed by atoms with E-state index in [4.69, 9.17) is 9.97 Å². The maximum atomic E-state index is 13.8. The minimum Gasteiger partial charge on any atom is -0.340 e. The van der Waals surface area contributed by atoms with Gasteiger partial charge in [-0.2, -0.15) is 0 Å². The number of hydrogen-bond acceptors (Lipinski definition) is 6. The minimum atomic E-state index is -0.0905. The zero-order chi connectivity index (χ0) is 37.6. The number of benzene rings is 4. The predicted octanol–water partition coefficient (Wildman–Crippen LogP) is 7.07. The highest BCUT2D eigenvalue weighted by atomic mass is 16.2. The average molecular weight is 747 g/mol. The number of nitrogens with zero attached hydrogens (tertiary/aromatic N) is 6. The summed E-state index contributed by atoms with van der Waals surface area (Å²) >= 11 is 0. The molecule has 286 valence electrons. The summed E-state index contributed by atoms with van der Waals surface area (Å²) in [6, 6.07) is 33.4. The molecule has 2 amide bonds. The molecule has 4 saturated heterocycles. The highest BCUT2D eigenvalue weighted by molar-refractivity contribution is 5.87. The van der Waals surface area contributed by atoms with Crippen LogP contribution in [-0.4, -0.2) is 103 Å². The van der Waals surface area contributed by atoms with Gasteiger partial charge >= 0.3 is 0 Å². The van der Waals surface area contributed by atoms with Gasteiger partial charge < -0.3 is 19.8 Å². The van der Waals surface area contributed by atoms with E-state index < -0.39 is 0 Å². The van der Waals surface area contributed by atoms with Crippen molar-refractivity contribution in [1.29, 1.82) is 0 Å². The van der Waals surface area contributed by atoms with E-state index in [1.165, 1.54) is 25.7 Å². The number of rotatable bonds is 9. The number of aromatic amines is 2. The van der Waals surface area contributed by atoms with Gasteiger partial charge in [-0.3, -0.25) is 19.4 Å². The van der Waals surface area contributed by atoms with Crippen molar-refractivity contribution in [3.63, 3.8) is 0 Å². The fourth-order valence-electron chi connectivity index (χ4n) is 9.92. The SMILES string of the molecule is O=C(Cc1ccccc1)N1C[C@@H](N2CCCC2)C[C@H]1c1nc2ccc(-c3ccc4nc([C@@H]5C[C@H](N6CCCC6)CN5C(=O)Cc5ccccc5)[nH]c4c3)cc2[nH]1. The third kappa shape index (κ3) is 6.90. The molecule has 10 rings (SSSR count). The summed E-state index contributed by atoms with van der Waals surface area (Å²) in [6.07, 6.45) is 7.48. The van der Waals surface area contributed by atoms with Crippen LogP contribution in [0.2, 0.25) is 0 Å². The Morgan fingerprint density at radius 2 is 0.964 bits per heavy atom. The first-order chi connectivity index (χ1) is 27.5. The maximum Gasteiger partial charge on any atom is 0.227 e. The summed E-state index contributed by atoms with van der Waals surface area (Å²) in [4.78, 5) is 54.5. The molecule has 4 fully saturated rings. The molecule has 4 aliphatic heterocycles. The monoisotopic (exact) mass is 746 g/mol. The van der Waals surface area contributed by atoms with E-state index in [-0.39, 0.29) is 23.9 Å². The molecule has 4 aliphatic rings. The number of nitrogens with one attached hydrogen (secondary N) is 2. The van der Waals surface area contributed by atoms with Gasteiger partial charge in [0.2, 0.25) is 11.8 Å². The molecule has 4 atom stereocenters. The number of carbonyl (C=O) groups is 2. The second-order valence-corrected chi connectivity index (χ2v) is 16.4. The summed E-state index contributed by atoms with van der Waals surface area (Å²) < 4.78 is 0. The number of H-pyrrole nitrogens is 2. The van der Waals surface area contributed by atoms with Crippen LogP contribution in [0.5, 0.6) is 0 Å².